The number of halogens is 2. The molecule has 1 aromatic carbocycles. The number of thiophene rings is 1. The Kier molecular flexibility index (Phi) is 2.27. The molecule has 0 unspecified atom stereocenters. The van der Waals surface area contributed by atoms with E-state index in [1.807, 2.05) is 0 Å². The Labute approximate surface area is 91.9 Å². The fourth-order valence-electron chi connectivity index (χ4n) is 1.17. The van der Waals surface area contributed by atoms with Crippen molar-refractivity contribution in [2.45, 2.75) is 6.92 Å². The van der Waals surface area contributed by atoms with Gasteiger partial charge in [0.05, 0.1) is 0 Å². The zero-order valence-electron chi connectivity index (χ0n) is 6.40. The minimum absolute atomic E-state index is 1.16. The van der Waals surface area contributed by atoms with Crippen molar-refractivity contribution in [3.05, 3.63) is 32.0 Å². The van der Waals surface area contributed by atoms with E-state index >= 15 is 0 Å². The van der Waals surface area contributed by atoms with Gasteiger partial charge in [-0.05, 0) is 61.9 Å². The van der Waals surface area contributed by atoms with Crippen molar-refractivity contribution in [2.24, 2.45) is 0 Å². The van der Waals surface area contributed by atoms with Crippen LogP contribution in [0.5, 0.6) is 0 Å². The molecule has 3 heteroatoms. The van der Waals surface area contributed by atoms with Crippen molar-refractivity contribution in [1.82, 2.24) is 0 Å². The van der Waals surface area contributed by atoms with E-state index in [4.69, 9.17) is 0 Å². The Bertz CT molecular complexity index is 431. The first-order valence-corrected chi connectivity index (χ1v) is 5.98. The Balaban J connectivity index is 2.94. The second-order valence-electron chi connectivity index (χ2n) is 2.65. The molecule has 2 rings (SSSR count). The molecular weight excluding hydrogens is 300 g/mol. The number of hydrogen-bond donors (Lipinski definition) is 0. The van der Waals surface area contributed by atoms with E-state index in [0.29, 0.717) is 0 Å². The Morgan fingerprint density at radius 3 is 2.75 bits per heavy atom. The first-order chi connectivity index (χ1) is 5.70. The number of aryl methyl sites for hydroxylation is 1. The van der Waals surface area contributed by atoms with Crippen molar-refractivity contribution in [1.29, 1.82) is 0 Å². The summed E-state index contributed by atoms with van der Waals surface area (Å²) in [5.41, 5.74) is 1.27. The van der Waals surface area contributed by atoms with Gasteiger partial charge in [-0.2, -0.15) is 0 Å². The van der Waals surface area contributed by atoms with Gasteiger partial charge in [0.25, 0.3) is 0 Å². The Morgan fingerprint density at radius 2 is 2.00 bits per heavy atom. The summed E-state index contributed by atoms with van der Waals surface area (Å²) in [4.78, 5) is 0. The van der Waals surface area contributed by atoms with Gasteiger partial charge >= 0.3 is 0 Å². The molecule has 2 aromatic rings. The summed E-state index contributed by atoms with van der Waals surface area (Å²) in [6.45, 7) is 2.11. The molecule has 1 aromatic heterocycles. The topological polar surface area (TPSA) is 0 Å². The summed E-state index contributed by atoms with van der Waals surface area (Å²) in [5, 5.41) is 3.40. The molecule has 0 aliphatic rings. The smallest absolute Gasteiger partial charge is 0.0407 e. The molecule has 0 radical (unpaired) electrons. The van der Waals surface area contributed by atoms with E-state index in [1.54, 1.807) is 11.3 Å². The predicted octanol–water partition coefficient (Wildman–Crippen LogP) is 4.73. The summed E-state index contributed by atoms with van der Waals surface area (Å²) in [6.07, 6.45) is 0. The zero-order valence-corrected chi connectivity index (χ0v) is 10.4. The summed E-state index contributed by atoms with van der Waals surface area (Å²) in [7, 11) is 0. The fraction of sp³-hybridized carbons (Fsp3) is 0.111. The number of fused-ring (bicyclic) bond motifs is 1. The molecule has 0 N–H and O–H groups in total. The molecule has 0 saturated heterocycles. The van der Waals surface area contributed by atoms with Crippen molar-refractivity contribution in [2.75, 3.05) is 0 Å². The molecule has 0 fully saturated rings. The molecule has 0 spiro atoms. The van der Waals surface area contributed by atoms with Gasteiger partial charge in [-0.1, -0.05) is 0 Å². The van der Waals surface area contributed by atoms with Crippen LogP contribution in [0.2, 0.25) is 0 Å². The lowest BCUT2D eigenvalue weighted by atomic mass is 10.2. The van der Waals surface area contributed by atoms with Crippen LogP contribution in [0.1, 0.15) is 5.56 Å². The fourth-order valence-corrected chi connectivity index (χ4v) is 3.18. The van der Waals surface area contributed by atoms with Gasteiger partial charge in [0.15, 0.2) is 0 Å². The van der Waals surface area contributed by atoms with Gasteiger partial charge in [-0.3, -0.25) is 0 Å². The van der Waals surface area contributed by atoms with Crippen LogP contribution in [0.3, 0.4) is 0 Å². The predicted molar refractivity (Wildman–Crippen MR) is 62.0 cm³/mol. The Morgan fingerprint density at radius 1 is 1.25 bits per heavy atom. The third-order valence-electron chi connectivity index (χ3n) is 1.82. The highest BCUT2D eigenvalue weighted by atomic mass is 79.9. The van der Waals surface area contributed by atoms with Crippen LogP contribution in [-0.2, 0) is 0 Å². The van der Waals surface area contributed by atoms with Crippen molar-refractivity contribution in [3.63, 3.8) is 0 Å². The lowest BCUT2D eigenvalue weighted by molar-refractivity contribution is 1.45. The summed E-state index contributed by atoms with van der Waals surface area (Å²) < 4.78 is 3.66. The molecule has 62 valence electrons. The van der Waals surface area contributed by atoms with Crippen molar-refractivity contribution >= 4 is 53.3 Å². The summed E-state index contributed by atoms with van der Waals surface area (Å²) >= 11 is 8.89. The molecule has 0 aliphatic carbocycles. The summed E-state index contributed by atoms with van der Waals surface area (Å²) in [6, 6.07) is 4.34. The van der Waals surface area contributed by atoms with E-state index in [-0.39, 0.29) is 0 Å². The largest absolute Gasteiger partial charge is 0.144 e. The lowest BCUT2D eigenvalue weighted by Crippen LogP contribution is -1.77. The lowest BCUT2D eigenvalue weighted by Gasteiger charge is -2.01. The van der Waals surface area contributed by atoms with Gasteiger partial charge in [0.1, 0.15) is 0 Å². The molecule has 12 heavy (non-hydrogen) atoms. The van der Waals surface area contributed by atoms with Gasteiger partial charge in [-0.25, -0.2) is 0 Å². The molecule has 0 aliphatic heterocycles. The average molecular weight is 306 g/mol. The van der Waals surface area contributed by atoms with Crippen LogP contribution in [-0.4, -0.2) is 0 Å². The standard InChI is InChI=1S/C9H6Br2S/c1-5-4-7-6(2-3-12-7)9(11)8(5)10/h2-4H,1H3. The van der Waals surface area contributed by atoms with Gasteiger partial charge < -0.3 is 0 Å². The van der Waals surface area contributed by atoms with E-state index in [9.17, 15) is 0 Å². The maximum Gasteiger partial charge on any atom is 0.0407 e. The highest BCUT2D eigenvalue weighted by Gasteiger charge is 2.06. The molecule has 0 atom stereocenters. The van der Waals surface area contributed by atoms with E-state index in [0.717, 1.165) is 4.47 Å². The quantitative estimate of drug-likeness (QED) is 0.660. The minimum Gasteiger partial charge on any atom is -0.144 e. The number of benzene rings is 1. The van der Waals surface area contributed by atoms with Gasteiger partial charge in [-0.15, -0.1) is 11.3 Å². The van der Waals surface area contributed by atoms with Crippen LogP contribution >= 0.6 is 43.2 Å². The van der Waals surface area contributed by atoms with Crippen LogP contribution < -0.4 is 0 Å². The van der Waals surface area contributed by atoms with Crippen LogP contribution in [0.4, 0.5) is 0 Å². The number of hydrogen-bond acceptors (Lipinski definition) is 1. The minimum atomic E-state index is 1.16. The molecule has 1 heterocycles. The molecule has 0 bridgehead atoms. The monoisotopic (exact) mass is 304 g/mol. The van der Waals surface area contributed by atoms with Gasteiger partial charge in [0.2, 0.25) is 0 Å². The highest BCUT2D eigenvalue weighted by Crippen LogP contribution is 2.36. The maximum absolute atomic E-state index is 3.57. The third-order valence-corrected chi connectivity index (χ3v) is 5.06. The second-order valence-corrected chi connectivity index (χ2v) is 5.19. The molecule has 0 amide bonds. The Hall–Kier alpha value is 0.140. The molecule has 0 nitrogen and oxygen atoms in total. The van der Waals surface area contributed by atoms with Crippen LogP contribution in [0.25, 0.3) is 10.1 Å². The third kappa shape index (κ3) is 1.24. The zero-order chi connectivity index (χ0) is 8.72. The average Bonchev–Trinajstić information content (AvgIpc) is 2.48. The van der Waals surface area contributed by atoms with Crippen molar-refractivity contribution in [3.8, 4) is 0 Å². The van der Waals surface area contributed by atoms with Crippen LogP contribution in [0, 0.1) is 6.92 Å². The normalized spacial score (nSPS) is 10.9. The molecule has 0 saturated carbocycles. The first kappa shape index (κ1) is 8.73. The molecular formula is C9H6Br2S. The maximum atomic E-state index is 3.57. The highest BCUT2D eigenvalue weighted by molar-refractivity contribution is 9.13. The van der Waals surface area contributed by atoms with Gasteiger partial charge in [0, 0.05) is 19.0 Å². The van der Waals surface area contributed by atoms with E-state index in [2.05, 4.69) is 56.3 Å². The van der Waals surface area contributed by atoms with Crippen molar-refractivity contribution < 1.29 is 0 Å². The van der Waals surface area contributed by atoms with E-state index < -0.39 is 0 Å². The SMILES string of the molecule is Cc1cc2sccc2c(Br)c1Br. The first-order valence-electron chi connectivity index (χ1n) is 3.52. The number of rotatable bonds is 0. The van der Waals surface area contributed by atoms with Crippen LogP contribution in [0.15, 0.2) is 26.5 Å². The summed E-state index contributed by atoms with van der Waals surface area (Å²) in [5.74, 6) is 0. The van der Waals surface area contributed by atoms with E-state index in [1.165, 1.54) is 20.1 Å². The second kappa shape index (κ2) is 3.13.